The zero-order chi connectivity index (χ0) is 14.7. The third-order valence-corrected chi connectivity index (χ3v) is 4.07. The summed E-state index contributed by atoms with van der Waals surface area (Å²) in [7, 11) is 0. The summed E-state index contributed by atoms with van der Waals surface area (Å²) in [5.41, 5.74) is 2.59. The zero-order valence-corrected chi connectivity index (χ0v) is 11.8. The Morgan fingerprint density at radius 2 is 1.95 bits per heavy atom. The molecule has 1 aliphatic rings. The molecule has 4 heteroatoms. The lowest BCUT2D eigenvalue weighted by Gasteiger charge is -2.16. The molecule has 0 N–H and O–H groups in total. The molecule has 0 radical (unpaired) electrons. The van der Waals surface area contributed by atoms with E-state index < -0.39 is 0 Å². The van der Waals surface area contributed by atoms with E-state index in [0.29, 0.717) is 5.92 Å². The Kier molecular flexibility index (Phi) is 3.97. The van der Waals surface area contributed by atoms with E-state index in [1.54, 1.807) is 18.2 Å². The standard InChI is InChI=1S/C17H18N2O2/c20-19(21)17-8-4-7-15(11-17)16-9-10-18(13-16)12-14-5-2-1-3-6-14/h1-8,11,16H,9-10,12-13H2. The van der Waals surface area contributed by atoms with Crippen LogP contribution in [-0.4, -0.2) is 22.9 Å². The van der Waals surface area contributed by atoms with Crippen molar-refractivity contribution in [1.29, 1.82) is 0 Å². The van der Waals surface area contributed by atoms with Gasteiger partial charge in [0.05, 0.1) is 4.92 Å². The average molecular weight is 282 g/mol. The molecule has 21 heavy (non-hydrogen) atoms. The van der Waals surface area contributed by atoms with E-state index in [1.165, 1.54) is 5.56 Å². The minimum absolute atomic E-state index is 0.189. The molecule has 4 nitrogen and oxygen atoms in total. The molecule has 2 aromatic rings. The highest BCUT2D eigenvalue weighted by Gasteiger charge is 2.24. The minimum atomic E-state index is -0.319. The van der Waals surface area contributed by atoms with E-state index in [-0.39, 0.29) is 10.6 Å². The number of likely N-dealkylation sites (tertiary alicyclic amines) is 1. The van der Waals surface area contributed by atoms with Gasteiger partial charge in [0.15, 0.2) is 0 Å². The van der Waals surface area contributed by atoms with Gasteiger partial charge in [0.25, 0.3) is 5.69 Å². The molecular weight excluding hydrogens is 264 g/mol. The number of hydrogen-bond acceptors (Lipinski definition) is 3. The highest BCUT2D eigenvalue weighted by molar-refractivity contribution is 5.36. The number of nitro benzene ring substituents is 1. The lowest BCUT2D eigenvalue weighted by molar-refractivity contribution is -0.384. The first-order chi connectivity index (χ1) is 10.2. The van der Waals surface area contributed by atoms with Crippen LogP contribution in [0, 0.1) is 10.1 Å². The lowest BCUT2D eigenvalue weighted by Crippen LogP contribution is -2.19. The number of rotatable bonds is 4. The Morgan fingerprint density at radius 1 is 1.14 bits per heavy atom. The quantitative estimate of drug-likeness (QED) is 0.636. The van der Waals surface area contributed by atoms with Crippen LogP contribution in [0.25, 0.3) is 0 Å². The van der Waals surface area contributed by atoms with Gasteiger partial charge in [-0.05, 0) is 30.0 Å². The van der Waals surface area contributed by atoms with E-state index in [2.05, 4.69) is 29.2 Å². The summed E-state index contributed by atoms with van der Waals surface area (Å²) in [4.78, 5) is 13.0. The maximum atomic E-state index is 10.9. The fraction of sp³-hybridized carbons (Fsp3) is 0.294. The van der Waals surface area contributed by atoms with Crippen LogP contribution in [-0.2, 0) is 6.54 Å². The number of nitrogens with zero attached hydrogens (tertiary/aromatic N) is 2. The van der Waals surface area contributed by atoms with Crippen LogP contribution in [0.5, 0.6) is 0 Å². The van der Waals surface area contributed by atoms with Crippen LogP contribution >= 0.6 is 0 Å². The second-order valence-corrected chi connectivity index (χ2v) is 5.56. The van der Waals surface area contributed by atoms with Gasteiger partial charge in [0.1, 0.15) is 0 Å². The van der Waals surface area contributed by atoms with Crippen LogP contribution in [0.4, 0.5) is 5.69 Å². The van der Waals surface area contributed by atoms with E-state index >= 15 is 0 Å². The number of benzene rings is 2. The monoisotopic (exact) mass is 282 g/mol. The first-order valence-electron chi connectivity index (χ1n) is 7.23. The third-order valence-electron chi connectivity index (χ3n) is 4.07. The number of hydrogen-bond donors (Lipinski definition) is 0. The fourth-order valence-corrected chi connectivity index (χ4v) is 2.98. The van der Waals surface area contributed by atoms with Crippen molar-refractivity contribution in [3.63, 3.8) is 0 Å². The molecule has 0 amide bonds. The lowest BCUT2D eigenvalue weighted by atomic mass is 9.98. The average Bonchev–Trinajstić information content (AvgIpc) is 2.97. The van der Waals surface area contributed by atoms with Crippen LogP contribution < -0.4 is 0 Å². The predicted molar refractivity (Wildman–Crippen MR) is 82.2 cm³/mol. The molecule has 1 unspecified atom stereocenters. The van der Waals surface area contributed by atoms with Gasteiger partial charge in [-0.3, -0.25) is 15.0 Å². The highest BCUT2D eigenvalue weighted by atomic mass is 16.6. The van der Waals surface area contributed by atoms with Crippen molar-refractivity contribution in [2.24, 2.45) is 0 Å². The summed E-state index contributed by atoms with van der Waals surface area (Å²) in [5.74, 6) is 0.397. The van der Waals surface area contributed by atoms with Crippen molar-refractivity contribution >= 4 is 5.69 Å². The molecule has 1 atom stereocenters. The second-order valence-electron chi connectivity index (χ2n) is 5.56. The molecule has 108 valence electrons. The largest absolute Gasteiger partial charge is 0.298 e. The number of nitro groups is 1. The Balaban J connectivity index is 1.67. The van der Waals surface area contributed by atoms with Gasteiger partial charge in [-0.1, -0.05) is 42.5 Å². The maximum absolute atomic E-state index is 10.9. The predicted octanol–water partition coefficient (Wildman–Crippen LogP) is 3.58. The molecule has 2 aromatic carbocycles. The first kappa shape index (κ1) is 13.8. The van der Waals surface area contributed by atoms with Crippen molar-refractivity contribution in [1.82, 2.24) is 4.90 Å². The summed E-state index contributed by atoms with van der Waals surface area (Å²) in [6, 6.07) is 17.5. The van der Waals surface area contributed by atoms with Crippen LogP contribution in [0.3, 0.4) is 0 Å². The third kappa shape index (κ3) is 3.28. The Hall–Kier alpha value is -2.20. The first-order valence-corrected chi connectivity index (χ1v) is 7.23. The Labute approximate surface area is 124 Å². The summed E-state index contributed by atoms with van der Waals surface area (Å²) in [5, 5.41) is 10.9. The second kappa shape index (κ2) is 6.06. The van der Waals surface area contributed by atoms with Crippen molar-refractivity contribution in [2.45, 2.75) is 18.9 Å². The van der Waals surface area contributed by atoms with E-state index in [0.717, 1.165) is 31.6 Å². The summed E-state index contributed by atoms with van der Waals surface area (Å²) >= 11 is 0. The maximum Gasteiger partial charge on any atom is 0.269 e. The molecule has 1 saturated heterocycles. The molecule has 1 aliphatic heterocycles. The molecule has 3 rings (SSSR count). The molecule has 1 fully saturated rings. The van der Waals surface area contributed by atoms with Crippen molar-refractivity contribution in [3.8, 4) is 0 Å². The van der Waals surface area contributed by atoms with Crippen molar-refractivity contribution in [3.05, 3.63) is 75.8 Å². The zero-order valence-electron chi connectivity index (χ0n) is 11.8. The minimum Gasteiger partial charge on any atom is -0.298 e. The van der Waals surface area contributed by atoms with Gasteiger partial charge in [-0.25, -0.2) is 0 Å². The summed E-state index contributed by atoms with van der Waals surface area (Å²) in [6.07, 6.45) is 1.06. The SMILES string of the molecule is O=[N+]([O-])c1cccc(C2CCN(Cc3ccccc3)C2)c1. The fourth-order valence-electron chi connectivity index (χ4n) is 2.98. The Morgan fingerprint density at radius 3 is 2.71 bits per heavy atom. The topological polar surface area (TPSA) is 46.4 Å². The van der Waals surface area contributed by atoms with E-state index in [4.69, 9.17) is 0 Å². The van der Waals surface area contributed by atoms with Crippen LogP contribution in [0.1, 0.15) is 23.5 Å². The van der Waals surface area contributed by atoms with Gasteiger partial charge in [-0.2, -0.15) is 0 Å². The molecule has 1 heterocycles. The normalized spacial score (nSPS) is 18.8. The molecule has 0 saturated carbocycles. The smallest absolute Gasteiger partial charge is 0.269 e. The molecular formula is C17H18N2O2. The van der Waals surface area contributed by atoms with Gasteiger partial charge in [-0.15, -0.1) is 0 Å². The van der Waals surface area contributed by atoms with Gasteiger partial charge < -0.3 is 0 Å². The number of non-ortho nitro benzene ring substituents is 1. The molecule has 0 aliphatic carbocycles. The van der Waals surface area contributed by atoms with Gasteiger partial charge in [0.2, 0.25) is 0 Å². The van der Waals surface area contributed by atoms with Crippen molar-refractivity contribution in [2.75, 3.05) is 13.1 Å². The van der Waals surface area contributed by atoms with Gasteiger partial charge >= 0.3 is 0 Å². The van der Waals surface area contributed by atoms with Crippen LogP contribution in [0.2, 0.25) is 0 Å². The molecule has 0 bridgehead atoms. The van der Waals surface area contributed by atoms with Crippen LogP contribution in [0.15, 0.2) is 54.6 Å². The van der Waals surface area contributed by atoms with E-state index in [1.807, 2.05) is 12.1 Å². The highest BCUT2D eigenvalue weighted by Crippen LogP contribution is 2.30. The van der Waals surface area contributed by atoms with E-state index in [9.17, 15) is 10.1 Å². The molecule has 0 spiro atoms. The van der Waals surface area contributed by atoms with Crippen molar-refractivity contribution < 1.29 is 4.92 Å². The Bertz CT molecular complexity index is 628. The van der Waals surface area contributed by atoms with Gasteiger partial charge in [0, 0.05) is 25.2 Å². The summed E-state index contributed by atoms with van der Waals surface area (Å²) in [6.45, 7) is 2.96. The molecule has 0 aromatic heterocycles. The summed E-state index contributed by atoms with van der Waals surface area (Å²) < 4.78 is 0.